The number of nitriles is 1. The van der Waals surface area contributed by atoms with E-state index in [1.54, 1.807) is 0 Å². The Morgan fingerprint density at radius 3 is 2.43 bits per heavy atom. The zero-order valence-corrected chi connectivity index (χ0v) is 14.6. The van der Waals surface area contributed by atoms with Crippen LogP contribution in [0.2, 0.25) is 0 Å². The first kappa shape index (κ1) is 18.5. The van der Waals surface area contributed by atoms with Gasteiger partial charge in [0.15, 0.2) is 0 Å². The van der Waals surface area contributed by atoms with Crippen molar-refractivity contribution < 1.29 is 0 Å². The third-order valence-electron chi connectivity index (χ3n) is 5.01. The molecule has 3 heteroatoms. The van der Waals surface area contributed by atoms with E-state index in [-0.39, 0.29) is 5.54 Å². The predicted molar refractivity (Wildman–Crippen MR) is 90.2 cm³/mol. The minimum Gasteiger partial charge on any atom is -0.303 e. The number of nitrogens with one attached hydrogen (secondary N) is 1. The summed E-state index contributed by atoms with van der Waals surface area (Å²) < 4.78 is 0. The zero-order valence-electron chi connectivity index (χ0n) is 14.6. The van der Waals surface area contributed by atoms with Gasteiger partial charge in [0.05, 0.1) is 6.07 Å². The first-order valence-corrected chi connectivity index (χ1v) is 8.85. The highest BCUT2D eigenvalue weighted by Crippen LogP contribution is 2.25. The number of hydrogen-bond acceptors (Lipinski definition) is 3. The van der Waals surface area contributed by atoms with Gasteiger partial charge >= 0.3 is 0 Å². The summed E-state index contributed by atoms with van der Waals surface area (Å²) in [6.07, 6.45) is 10.2. The van der Waals surface area contributed by atoms with Crippen molar-refractivity contribution in [3.63, 3.8) is 0 Å². The third-order valence-corrected chi connectivity index (χ3v) is 5.01. The molecule has 3 nitrogen and oxygen atoms in total. The van der Waals surface area contributed by atoms with Crippen molar-refractivity contribution in [2.75, 3.05) is 20.1 Å². The lowest BCUT2D eigenvalue weighted by Gasteiger charge is -2.30. The van der Waals surface area contributed by atoms with E-state index >= 15 is 0 Å². The van der Waals surface area contributed by atoms with Crippen LogP contribution >= 0.6 is 0 Å². The average molecular weight is 293 g/mol. The minimum absolute atomic E-state index is 0.351. The molecule has 122 valence electrons. The summed E-state index contributed by atoms with van der Waals surface area (Å²) in [5.74, 6) is 0.792. The van der Waals surface area contributed by atoms with Crippen molar-refractivity contribution in [2.45, 2.75) is 83.7 Å². The summed E-state index contributed by atoms with van der Waals surface area (Å²) >= 11 is 0. The molecule has 0 amide bonds. The van der Waals surface area contributed by atoms with Crippen molar-refractivity contribution in [3.05, 3.63) is 0 Å². The molecule has 0 aromatic heterocycles. The van der Waals surface area contributed by atoms with Crippen LogP contribution in [0.15, 0.2) is 0 Å². The van der Waals surface area contributed by atoms with Gasteiger partial charge in [0.2, 0.25) is 0 Å². The largest absolute Gasteiger partial charge is 0.303 e. The van der Waals surface area contributed by atoms with E-state index in [4.69, 9.17) is 0 Å². The van der Waals surface area contributed by atoms with Crippen LogP contribution in [0.25, 0.3) is 0 Å². The molecule has 21 heavy (non-hydrogen) atoms. The Hall–Kier alpha value is -0.590. The Balaban J connectivity index is 2.33. The van der Waals surface area contributed by atoms with Crippen molar-refractivity contribution >= 4 is 0 Å². The fourth-order valence-corrected chi connectivity index (χ4v) is 3.20. The SMILES string of the molecule is CNC(C)(C#N)CCCCN(CCC(C)C)C1CCCC1. The maximum atomic E-state index is 9.19. The maximum Gasteiger partial charge on any atom is 0.103 e. The van der Waals surface area contributed by atoms with E-state index in [1.165, 1.54) is 51.6 Å². The monoisotopic (exact) mass is 293 g/mol. The van der Waals surface area contributed by atoms with E-state index in [0.717, 1.165) is 24.8 Å². The topological polar surface area (TPSA) is 39.1 Å². The average Bonchev–Trinajstić information content (AvgIpc) is 3.00. The van der Waals surface area contributed by atoms with E-state index in [2.05, 4.69) is 30.1 Å². The standard InChI is InChI=1S/C18H35N3/c1-16(2)11-14-21(17-9-5-6-10-17)13-8-7-12-18(3,15-19)20-4/h16-17,20H,5-14H2,1-4H3. The van der Waals surface area contributed by atoms with Gasteiger partial charge in [0, 0.05) is 6.04 Å². The van der Waals surface area contributed by atoms with E-state index in [9.17, 15) is 5.26 Å². The fourth-order valence-electron chi connectivity index (χ4n) is 3.20. The highest BCUT2D eigenvalue weighted by atomic mass is 15.2. The third kappa shape index (κ3) is 6.80. The van der Waals surface area contributed by atoms with Crippen LogP contribution in [0.5, 0.6) is 0 Å². The summed E-state index contributed by atoms with van der Waals surface area (Å²) in [5, 5.41) is 12.3. The summed E-state index contributed by atoms with van der Waals surface area (Å²) in [4.78, 5) is 2.73. The number of unbranched alkanes of at least 4 members (excludes halogenated alkanes) is 1. The van der Waals surface area contributed by atoms with Gasteiger partial charge in [-0.15, -0.1) is 0 Å². The van der Waals surface area contributed by atoms with E-state index in [0.29, 0.717) is 0 Å². The van der Waals surface area contributed by atoms with Gasteiger partial charge < -0.3 is 10.2 Å². The number of rotatable bonds is 10. The van der Waals surface area contributed by atoms with Crippen LogP contribution < -0.4 is 5.32 Å². The molecule has 1 saturated carbocycles. The molecule has 0 bridgehead atoms. The van der Waals surface area contributed by atoms with Crippen LogP contribution in [0.4, 0.5) is 0 Å². The van der Waals surface area contributed by atoms with Gasteiger partial charge in [0.1, 0.15) is 5.54 Å². The van der Waals surface area contributed by atoms with Gasteiger partial charge in [-0.3, -0.25) is 0 Å². The van der Waals surface area contributed by atoms with E-state index in [1.807, 2.05) is 14.0 Å². The molecule has 0 aromatic carbocycles. The second-order valence-electron chi connectivity index (χ2n) is 7.31. The molecule has 1 atom stereocenters. The van der Waals surface area contributed by atoms with Crippen LogP contribution in [0.3, 0.4) is 0 Å². The van der Waals surface area contributed by atoms with Crippen LogP contribution in [-0.2, 0) is 0 Å². The Morgan fingerprint density at radius 2 is 1.90 bits per heavy atom. The highest BCUT2D eigenvalue weighted by molar-refractivity contribution is 5.02. The molecule has 1 rings (SSSR count). The second-order valence-corrected chi connectivity index (χ2v) is 7.31. The van der Waals surface area contributed by atoms with Crippen LogP contribution in [0, 0.1) is 17.2 Å². The predicted octanol–water partition coefficient (Wildman–Crippen LogP) is 3.95. The van der Waals surface area contributed by atoms with Crippen LogP contribution in [0.1, 0.15) is 72.1 Å². The molecule has 0 radical (unpaired) electrons. The summed E-state index contributed by atoms with van der Waals surface area (Å²) in [5.41, 5.74) is -0.351. The second kappa shape index (κ2) is 9.43. The number of nitrogens with zero attached hydrogens (tertiary/aromatic N) is 2. The van der Waals surface area contributed by atoms with Crippen molar-refractivity contribution in [2.24, 2.45) is 5.92 Å². The smallest absolute Gasteiger partial charge is 0.103 e. The summed E-state index contributed by atoms with van der Waals surface area (Å²) in [7, 11) is 1.89. The van der Waals surface area contributed by atoms with Gasteiger partial charge in [0.25, 0.3) is 0 Å². The Bertz CT molecular complexity index is 315. The van der Waals surface area contributed by atoms with Crippen molar-refractivity contribution in [1.29, 1.82) is 5.26 Å². The minimum atomic E-state index is -0.351. The molecule has 1 N–H and O–H groups in total. The molecule has 0 saturated heterocycles. The zero-order chi connectivity index (χ0) is 15.7. The lowest BCUT2D eigenvalue weighted by Crippen LogP contribution is -2.38. The molecule has 1 unspecified atom stereocenters. The quantitative estimate of drug-likeness (QED) is 0.620. The van der Waals surface area contributed by atoms with Gasteiger partial charge in [-0.2, -0.15) is 5.26 Å². The molecule has 1 aliphatic rings. The Labute approximate surface area is 132 Å². The lowest BCUT2D eigenvalue weighted by molar-refractivity contribution is 0.183. The van der Waals surface area contributed by atoms with Crippen LogP contribution in [-0.4, -0.2) is 36.6 Å². The van der Waals surface area contributed by atoms with Gasteiger partial charge in [-0.05, 0) is 71.5 Å². The fraction of sp³-hybridized carbons (Fsp3) is 0.944. The van der Waals surface area contributed by atoms with Gasteiger partial charge in [-0.1, -0.05) is 26.7 Å². The molecular weight excluding hydrogens is 258 g/mol. The van der Waals surface area contributed by atoms with Gasteiger partial charge in [-0.25, -0.2) is 0 Å². The molecule has 0 aromatic rings. The normalized spacial score (nSPS) is 19.1. The molecule has 1 aliphatic carbocycles. The molecule has 0 spiro atoms. The van der Waals surface area contributed by atoms with E-state index < -0.39 is 0 Å². The molecule has 0 heterocycles. The lowest BCUT2D eigenvalue weighted by atomic mass is 9.96. The Morgan fingerprint density at radius 1 is 1.24 bits per heavy atom. The summed E-state index contributed by atoms with van der Waals surface area (Å²) in [6, 6.07) is 3.22. The summed E-state index contributed by atoms with van der Waals surface area (Å²) in [6.45, 7) is 9.10. The number of hydrogen-bond donors (Lipinski definition) is 1. The molecular formula is C18H35N3. The highest BCUT2D eigenvalue weighted by Gasteiger charge is 2.23. The van der Waals surface area contributed by atoms with Crippen molar-refractivity contribution in [1.82, 2.24) is 10.2 Å². The first-order valence-electron chi connectivity index (χ1n) is 8.85. The van der Waals surface area contributed by atoms with Crippen molar-refractivity contribution in [3.8, 4) is 6.07 Å². The molecule has 0 aliphatic heterocycles. The first-order chi connectivity index (χ1) is 10.0. The molecule has 1 fully saturated rings. The maximum absolute atomic E-state index is 9.19. The Kier molecular flexibility index (Phi) is 8.29.